The third-order valence-electron chi connectivity index (χ3n) is 7.84. The smallest absolute Gasteiger partial charge is 0.161 e. The lowest BCUT2D eigenvalue weighted by molar-refractivity contribution is 1.16. The zero-order chi connectivity index (χ0) is 29.5. The van der Waals surface area contributed by atoms with E-state index in [0.29, 0.717) is 5.82 Å². The van der Waals surface area contributed by atoms with Crippen LogP contribution in [0.1, 0.15) is 0 Å². The molecule has 5 nitrogen and oxygen atoms in total. The molecule has 0 unspecified atom stereocenters. The Morgan fingerprint density at radius 1 is 0.477 bits per heavy atom. The molecule has 4 aromatic heterocycles. The third kappa shape index (κ3) is 4.75. The molecule has 0 aliphatic heterocycles. The largest absolute Gasteiger partial charge is 0.309 e. The SMILES string of the molecule is Brc1cc(-c2cc(-c3ccc(-c4cccnc4)cc3)nc(-c3cccnc3)n2)cc(-n2c3ccccc3c3ccccc32)c1. The van der Waals surface area contributed by atoms with Gasteiger partial charge in [-0.15, -0.1) is 0 Å². The molecular weight excluding hydrogens is 606 g/mol. The van der Waals surface area contributed by atoms with Crippen molar-refractivity contribution >= 4 is 37.7 Å². The first-order valence-corrected chi connectivity index (χ1v) is 15.1. The number of fused-ring (bicyclic) bond motifs is 3. The minimum Gasteiger partial charge on any atom is -0.309 e. The molecule has 44 heavy (non-hydrogen) atoms. The quantitative estimate of drug-likeness (QED) is 0.190. The summed E-state index contributed by atoms with van der Waals surface area (Å²) in [4.78, 5) is 18.7. The summed E-state index contributed by atoms with van der Waals surface area (Å²) in [6, 6.07) is 42.0. The van der Waals surface area contributed by atoms with E-state index in [1.165, 1.54) is 10.8 Å². The van der Waals surface area contributed by atoms with Crippen molar-refractivity contribution < 1.29 is 0 Å². The zero-order valence-electron chi connectivity index (χ0n) is 23.5. The number of hydrogen-bond acceptors (Lipinski definition) is 4. The topological polar surface area (TPSA) is 56.5 Å². The van der Waals surface area contributed by atoms with E-state index < -0.39 is 0 Å². The molecule has 8 aromatic rings. The molecule has 0 bridgehead atoms. The van der Waals surface area contributed by atoms with E-state index in [9.17, 15) is 0 Å². The number of hydrogen-bond donors (Lipinski definition) is 0. The summed E-state index contributed by atoms with van der Waals surface area (Å²) in [6.07, 6.45) is 7.23. The van der Waals surface area contributed by atoms with Crippen molar-refractivity contribution in [2.45, 2.75) is 0 Å². The summed E-state index contributed by atoms with van der Waals surface area (Å²) in [5.41, 5.74) is 10.1. The molecule has 0 fully saturated rings. The van der Waals surface area contributed by atoms with Gasteiger partial charge in [0, 0.05) is 62.4 Å². The maximum atomic E-state index is 5.06. The second kappa shape index (κ2) is 11.0. The van der Waals surface area contributed by atoms with E-state index in [1.807, 2.05) is 24.4 Å². The highest BCUT2D eigenvalue weighted by Gasteiger charge is 2.16. The van der Waals surface area contributed by atoms with E-state index in [0.717, 1.165) is 60.4 Å². The molecule has 0 aliphatic carbocycles. The maximum Gasteiger partial charge on any atom is 0.161 e. The Morgan fingerprint density at radius 2 is 1.07 bits per heavy atom. The highest BCUT2D eigenvalue weighted by molar-refractivity contribution is 9.10. The summed E-state index contributed by atoms with van der Waals surface area (Å²) in [5, 5.41) is 2.45. The van der Waals surface area contributed by atoms with Crippen LogP contribution in [-0.2, 0) is 0 Å². The van der Waals surface area contributed by atoms with Gasteiger partial charge in [0.05, 0.1) is 22.4 Å². The molecule has 8 rings (SSSR count). The second-order valence-electron chi connectivity index (χ2n) is 10.6. The number of nitrogens with zero attached hydrogens (tertiary/aromatic N) is 5. The van der Waals surface area contributed by atoms with Crippen LogP contribution < -0.4 is 0 Å². The summed E-state index contributed by atoms with van der Waals surface area (Å²) < 4.78 is 3.29. The van der Waals surface area contributed by atoms with Gasteiger partial charge >= 0.3 is 0 Å². The highest BCUT2D eigenvalue weighted by Crippen LogP contribution is 2.36. The van der Waals surface area contributed by atoms with E-state index in [1.54, 1.807) is 18.6 Å². The first kappa shape index (κ1) is 26.2. The van der Waals surface area contributed by atoms with Crippen LogP contribution in [0.3, 0.4) is 0 Å². The summed E-state index contributed by atoms with van der Waals surface area (Å²) >= 11 is 3.81. The molecule has 0 saturated heterocycles. The Balaban J connectivity index is 1.30. The summed E-state index contributed by atoms with van der Waals surface area (Å²) in [6.45, 7) is 0. The fraction of sp³-hybridized carbons (Fsp3) is 0. The fourth-order valence-electron chi connectivity index (χ4n) is 5.79. The maximum absolute atomic E-state index is 5.06. The number of pyridine rings is 2. The summed E-state index contributed by atoms with van der Waals surface area (Å²) in [7, 11) is 0. The van der Waals surface area contributed by atoms with Crippen LogP contribution >= 0.6 is 15.9 Å². The first-order chi connectivity index (χ1) is 21.7. The Labute approximate surface area is 262 Å². The van der Waals surface area contributed by atoms with Gasteiger partial charge in [0.2, 0.25) is 0 Å². The molecule has 0 atom stereocenters. The normalized spacial score (nSPS) is 11.3. The van der Waals surface area contributed by atoms with Gasteiger partial charge in [-0.3, -0.25) is 9.97 Å². The molecular formula is C38H24BrN5. The number of halogens is 1. The molecule has 4 aromatic carbocycles. The highest BCUT2D eigenvalue weighted by atomic mass is 79.9. The molecule has 0 saturated carbocycles. The van der Waals surface area contributed by atoms with Gasteiger partial charge in [0.25, 0.3) is 0 Å². The van der Waals surface area contributed by atoms with Gasteiger partial charge in [-0.1, -0.05) is 82.7 Å². The Hall–Kier alpha value is -5.46. The van der Waals surface area contributed by atoms with Crippen molar-refractivity contribution in [1.82, 2.24) is 24.5 Å². The van der Waals surface area contributed by atoms with Crippen molar-refractivity contribution in [2.75, 3.05) is 0 Å². The molecule has 0 amide bonds. The van der Waals surface area contributed by atoms with E-state index >= 15 is 0 Å². The number of benzene rings is 4. The van der Waals surface area contributed by atoms with Gasteiger partial charge in [-0.25, -0.2) is 9.97 Å². The third-order valence-corrected chi connectivity index (χ3v) is 8.30. The van der Waals surface area contributed by atoms with Crippen LogP contribution in [0.25, 0.3) is 72.5 Å². The molecule has 4 heterocycles. The predicted molar refractivity (Wildman–Crippen MR) is 181 cm³/mol. The number of para-hydroxylation sites is 2. The summed E-state index contributed by atoms with van der Waals surface area (Å²) in [5.74, 6) is 0.625. The Kier molecular flexibility index (Phi) is 6.54. The van der Waals surface area contributed by atoms with Crippen molar-refractivity contribution in [3.63, 3.8) is 0 Å². The lowest BCUT2D eigenvalue weighted by atomic mass is 10.0. The fourth-order valence-corrected chi connectivity index (χ4v) is 6.27. The van der Waals surface area contributed by atoms with Gasteiger partial charge < -0.3 is 4.57 Å². The first-order valence-electron chi connectivity index (χ1n) is 14.3. The molecule has 0 radical (unpaired) electrons. The Bertz CT molecular complexity index is 2220. The van der Waals surface area contributed by atoms with Crippen LogP contribution in [0.5, 0.6) is 0 Å². The standard InChI is InChI=1S/C38H24BrN5/c39-30-19-29(20-31(21-30)44-36-11-3-1-9-32(36)33-10-2-4-12-37(33)44)35-22-34(42-38(43-35)28-8-6-18-41-24-28)26-15-13-25(14-16-26)27-7-5-17-40-23-27/h1-24H. The Morgan fingerprint density at radius 3 is 1.70 bits per heavy atom. The molecule has 0 spiro atoms. The second-order valence-corrected chi connectivity index (χ2v) is 11.5. The van der Waals surface area contributed by atoms with Crippen molar-refractivity contribution in [3.8, 4) is 50.7 Å². The van der Waals surface area contributed by atoms with Crippen molar-refractivity contribution in [3.05, 3.63) is 151 Å². The number of rotatable bonds is 5. The molecule has 208 valence electrons. The zero-order valence-corrected chi connectivity index (χ0v) is 25.1. The average molecular weight is 631 g/mol. The van der Waals surface area contributed by atoms with Crippen molar-refractivity contribution in [2.24, 2.45) is 0 Å². The van der Waals surface area contributed by atoms with Crippen LogP contribution in [0.4, 0.5) is 0 Å². The van der Waals surface area contributed by atoms with Crippen LogP contribution in [0.2, 0.25) is 0 Å². The van der Waals surface area contributed by atoms with Crippen LogP contribution in [-0.4, -0.2) is 24.5 Å². The van der Waals surface area contributed by atoms with Gasteiger partial charge in [0.1, 0.15) is 0 Å². The predicted octanol–water partition coefficient (Wildman–Crippen LogP) is 9.79. The minimum atomic E-state index is 0.625. The minimum absolute atomic E-state index is 0.625. The molecule has 6 heteroatoms. The van der Waals surface area contributed by atoms with Gasteiger partial charge in [0.15, 0.2) is 5.82 Å². The van der Waals surface area contributed by atoms with E-state index in [-0.39, 0.29) is 0 Å². The van der Waals surface area contributed by atoms with Crippen molar-refractivity contribution in [1.29, 1.82) is 0 Å². The van der Waals surface area contributed by atoms with E-state index in [2.05, 4.69) is 134 Å². The molecule has 0 N–H and O–H groups in total. The monoisotopic (exact) mass is 629 g/mol. The van der Waals surface area contributed by atoms with Gasteiger partial charge in [-0.05, 0) is 65.7 Å². The average Bonchev–Trinajstić information content (AvgIpc) is 3.43. The van der Waals surface area contributed by atoms with Crippen LogP contribution in [0, 0.1) is 0 Å². The van der Waals surface area contributed by atoms with Crippen LogP contribution in [0.15, 0.2) is 151 Å². The van der Waals surface area contributed by atoms with E-state index in [4.69, 9.17) is 9.97 Å². The lowest BCUT2D eigenvalue weighted by Gasteiger charge is -2.13. The van der Waals surface area contributed by atoms with Gasteiger partial charge in [-0.2, -0.15) is 0 Å². The molecule has 0 aliphatic rings. The number of aromatic nitrogens is 5. The lowest BCUT2D eigenvalue weighted by Crippen LogP contribution is -1.98.